The van der Waals surface area contributed by atoms with Crippen LogP contribution in [-0.4, -0.2) is 23.6 Å². The Morgan fingerprint density at radius 3 is 2.85 bits per heavy atom. The van der Waals surface area contributed by atoms with Crippen molar-refractivity contribution in [3.8, 4) is 0 Å². The molecule has 1 unspecified atom stereocenters. The maximum Gasteiger partial charge on any atom is 0.336 e. The summed E-state index contributed by atoms with van der Waals surface area (Å²) in [4.78, 5) is 23.5. The van der Waals surface area contributed by atoms with Crippen LogP contribution in [0.15, 0.2) is 12.2 Å². The van der Waals surface area contributed by atoms with Crippen LogP contribution in [0.5, 0.6) is 0 Å². The van der Waals surface area contributed by atoms with Gasteiger partial charge in [-0.05, 0) is 32.1 Å². The van der Waals surface area contributed by atoms with Crippen molar-refractivity contribution in [1.29, 1.82) is 0 Å². The number of fused-ring (bicyclic) bond motifs is 2. The summed E-state index contributed by atoms with van der Waals surface area (Å²) in [6, 6.07) is 0. The molecule has 110 valence electrons. The van der Waals surface area contributed by atoms with Gasteiger partial charge in [-0.1, -0.05) is 13.5 Å². The fourth-order valence-corrected chi connectivity index (χ4v) is 4.46. The van der Waals surface area contributed by atoms with E-state index in [0.29, 0.717) is 11.5 Å². The molecule has 0 aromatic heterocycles. The maximum atomic E-state index is 12.0. The van der Waals surface area contributed by atoms with Gasteiger partial charge in [0.15, 0.2) is 5.60 Å². The molecule has 4 aliphatic heterocycles. The van der Waals surface area contributed by atoms with Crippen LogP contribution in [0.1, 0.15) is 39.5 Å². The third kappa shape index (κ3) is 1.41. The number of carbonyl (C=O) groups is 1. The maximum absolute atomic E-state index is 12.0. The number of carbonyl (C=O) groups excluding carboxylic acids is 1. The molecule has 1 spiro atoms. The fraction of sp³-hybridized carbons (Fsp3) is 0.800. The first-order valence-corrected chi connectivity index (χ1v) is 7.41. The van der Waals surface area contributed by atoms with Gasteiger partial charge < -0.3 is 9.47 Å². The summed E-state index contributed by atoms with van der Waals surface area (Å²) in [5.41, 5.74) is -0.213. The first kappa shape index (κ1) is 12.8. The average molecular weight is 280 g/mol. The molecule has 5 rings (SSSR count). The molecule has 5 aliphatic rings. The topological polar surface area (TPSA) is 54.0 Å². The molecule has 4 saturated heterocycles. The lowest BCUT2D eigenvalue weighted by atomic mass is 9.59. The van der Waals surface area contributed by atoms with E-state index in [1.807, 2.05) is 6.92 Å². The summed E-state index contributed by atoms with van der Waals surface area (Å²) in [7, 11) is 0. The van der Waals surface area contributed by atoms with Crippen LogP contribution in [0.4, 0.5) is 0 Å². The number of ether oxygens (including phenoxy) is 2. The third-order valence-corrected chi connectivity index (χ3v) is 5.62. The van der Waals surface area contributed by atoms with Crippen molar-refractivity contribution in [2.45, 2.75) is 57.2 Å². The van der Waals surface area contributed by atoms with E-state index < -0.39 is 17.7 Å². The van der Waals surface area contributed by atoms with Crippen LogP contribution in [0, 0.1) is 17.8 Å². The Balaban J connectivity index is 1.86. The summed E-state index contributed by atoms with van der Waals surface area (Å²) in [5.74, 6) is -0.501. The van der Waals surface area contributed by atoms with Crippen molar-refractivity contribution in [3.63, 3.8) is 0 Å². The van der Waals surface area contributed by atoms with Crippen molar-refractivity contribution in [2.24, 2.45) is 17.8 Å². The van der Waals surface area contributed by atoms with Gasteiger partial charge in [0.2, 0.25) is 12.1 Å². The van der Waals surface area contributed by atoms with Crippen LogP contribution >= 0.6 is 0 Å². The van der Waals surface area contributed by atoms with Gasteiger partial charge in [0.1, 0.15) is 0 Å². The van der Waals surface area contributed by atoms with Crippen molar-refractivity contribution in [2.75, 3.05) is 0 Å². The normalized spacial score (nSPS) is 54.1. The molecule has 0 aromatic carbocycles. The molecule has 20 heavy (non-hydrogen) atoms. The third-order valence-electron chi connectivity index (χ3n) is 5.62. The van der Waals surface area contributed by atoms with E-state index in [4.69, 9.17) is 19.2 Å². The first-order valence-electron chi connectivity index (χ1n) is 7.41. The molecule has 2 bridgehead atoms. The lowest BCUT2D eigenvalue weighted by Gasteiger charge is -2.56. The Labute approximate surface area is 118 Å². The largest absolute Gasteiger partial charge is 0.429 e. The zero-order valence-corrected chi connectivity index (χ0v) is 11.9. The minimum absolute atomic E-state index is 0.0717. The van der Waals surface area contributed by atoms with E-state index in [1.165, 1.54) is 0 Å². The van der Waals surface area contributed by atoms with Crippen LogP contribution in [0.25, 0.3) is 0 Å². The lowest BCUT2D eigenvalue weighted by molar-refractivity contribution is -0.554. The first-order chi connectivity index (χ1) is 9.46. The Kier molecular flexibility index (Phi) is 2.46. The molecule has 0 N–H and O–H groups in total. The van der Waals surface area contributed by atoms with E-state index in [9.17, 15) is 4.79 Å². The molecule has 4 heterocycles. The average Bonchev–Trinajstić information content (AvgIpc) is 2.63. The molecule has 5 heteroatoms. The van der Waals surface area contributed by atoms with Gasteiger partial charge in [-0.2, -0.15) is 0 Å². The van der Waals surface area contributed by atoms with Crippen molar-refractivity contribution >= 4 is 5.97 Å². The number of hydrogen-bond donors (Lipinski definition) is 0. The number of rotatable bonds is 0. The van der Waals surface area contributed by atoms with Gasteiger partial charge in [0.05, 0.1) is 0 Å². The standard InChI is InChI=1S/C15H20O5/c1-8-4-5-11-9(2)12(16)17-13-15(11)10(8)6-7-14(3,18-13)19-20-15/h8,10-11,13H,2,4-7H2,1,3H3/t8-,10+,11+,13-,14+,15?/m1/s1. The van der Waals surface area contributed by atoms with Gasteiger partial charge >= 0.3 is 5.97 Å². The van der Waals surface area contributed by atoms with Gasteiger partial charge in [-0.25, -0.2) is 14.6 Å². The van der Waals surface area contributed by atoms with Crippen LogP contribution in [0.3, 0.4) is 0 Å². The minimum atomic E-state index is -0.823. The minimum Gasteiger partial charge on any atom is -0.429 e. The molecular formula is C15H20O5. The molecule has 0 radical (unpaired) electrons. The Morgan fingerprint density at radius 2 is 2.05 bits per heavy atom. The van der Waals surface area contributed by atoms with Gasteiger partial charge in [-0.3, -0.25) is 0 Å². The molecule has 5 nitrogen and oxygen atoms in total. The van der Waals surface area contributed by atoms with Crippen LogP contribution in [-0.2, 0) is 24.0 Å². The highest BCUT2D eigenvalue weighted by Crippen LogP contribution is 2.59. The van der Waals surface area contributed by atoms with Crippen LogP contribution in [0.2, 0.25) is 0 Å². The van der Waals surface area contributed by atoms with E-state index in [-0.39, 0.29) is 17.8 Å². The number of esters is 1. The monoisotopic (exact) mass is 280 g/mol. The molecule has 0 aromatic rings. The smallest absolute Gasteiger partial charge is 0.336 e. The highest BCUT2D eigenvalue weighted by molar-refractivity contribution is 5.89. The predicted molar refractivity (Wildman–Crippen MR) is 68.0 cm³/mol. The van der Waals surface area contributed by atoms with Crippen LogP contribution < -0.4 is 0 Å². The van der Waals surface area contributed by atoms with Crippen molar-refractivity contribution < 1.29 is 24.0 Å². The second-order valence-electron chi connectivity index (χ2n) is 6.79. The molecule has 1 aliphatic carbocycles. The zero-order valence-electron chi connectivity index (χ0n) is 11.9. The molecule has 1 saturated carbocycles. The molecule has 0 amide bonds. The van der Waals surface area contributed by atoms with E-state index in [1.54, 1.807) is 0 Å². The molecular weight excluding hydrogens is 260 g/mol. The second kappa shape index (κ2) is 3.84. The summed E-state index contributed by atoms with van der Waals surface area (Å²) >= 11 is 0. The molecule has 5 fully saturated rings. The van der Waals surface area contributed by atoms with Gasteiger partial charge in [0.25, 0.3) is 0 Å². The van der Waals surface area contributed by atoms with E-state index in [2.05, 4.69) is 13.5 Å². The van der Waals surface area contributed by atoms with E-state index in [0.717, 1.165) is 25.7 Å². The fourth-order valence-electron chi connectivity index (χ4n) is 4.46. The summed E-state index contributed by atoms with van der Waals surface area (Å²) < 4.78 is 11.5. The quantitative estimate of drug-likeness (QED) is 0.387. The van der Waals surface area contributed by atoms with Crippen molar-refractivity contribution in [1.82, 2.24) is 0 Å². The Bertz CT molecular complexity index is 489. The SMILES string of the molecule is C=C1C(=O)O[C@@H]2O[C@]3(C)CC[C@H]4[C@H](C)CC[C@@H]1C24OO3. The highest BCUT2D eigenvalue weighted by Gasteiger charge is 2.69. The van der Waals surface area contributed by atoms with Crippen molar-refractivity contribution in [3.05, 3.63) is 12.2 Å². The molecule has 6 atom stereocenters. The summed E-state index contributed by atoms with van der Waals surface area (Å²) in [5, 5.41) is 0. The van der Waals surface area contributed by atoms with Gasteiger partial charge in [-0.15, -0.1) is 0 Å². The Hall–Kier alpha value is -0.910. The summed E-state index contributed by atoms with van der Waals surface area (Å²) in [6.45, 7) is 8.00. The second-order valence-corrected chi connectivity index (χ2v) is 6.79. The predicted octanol–water partition coefficient (Wildman–Crippen LogP) is 2.32. The summed E-state index contributed by atoms with van der Waals surface area (Å²) in [6.07, 6.45) is 2.95. The highest BCUT2D eigenvalue weighted by atomic mass is 17.3. The van der Waals surface area contributed by atoms with E-state index >= 15 is 0 Å². The number of hydrogen-bond acceptors (Lipinski definition) is 5. The van der Waals surface area contributed by atoms with Gasteiger partial charge in [0, 0.05) is 23.8 Å². The lowest BCUT2D eigenvalue weighted by Crippen LogP contribution is -2.68. The zero-order chi connectivity index (χ0) is 14.1. The Morgan fingerprint density at radius 1 is 1.25 bits per heavy atom.